The van der Waals surface area contributed by atoms with Gasteiger partial charge >= 0.3 is 0 Å². The van der Waals surface area contributed by atoms with Crippen molar-refractivity contribution in [1.29, 1.82) is 5.26 Å². The predicted octanol–water partition coefficient (Wildman–Crippen LogP) is 2.14. The van der Waals surface area contributed by atoms with Gasteiger partial charge in [-0.1, -0.05) is 30.8 Å². The molecule has 0 bridgehead atoms. The third kappa shape index (κ3) is 2.77. The Morgan fingerprint density at radius 2 is 2.25 bits per heavy atom. The molecule has 1 aliphatic rings. The second-order valence-corrected chi connectivity index (χ2v) is 5.16. The van der Waals surface area contributed by atoms with Crippen LogP contribution in [0, 0.1) is 11.3 Å². The highest BCUT2D eigenvalue weighted by molar-refractivity contribution is 8.14. The summed E-state index contributed by atoms with van der Waals surface area (Å²) in [6, 6.07) is 9.72. The molecule has 1 heterocycles. The molecule has 3 nitrogen and oxygen atoms in total. The summed E-state index contributed by atoms with van der Waals surface area (Å²) in [7, 11) is 0. The van der Waals surface area contributed by atoms with Crippen LogP contribution in [0.1, 0.15) is 18.1 Å². The van der Waals surface area contributed by atoms with E-state index in [0.29, 0.717) is 10.8 Å². The van der Waals surface area contributed by atoms with Crippen LogP contribution in [0.4, 0.5) is 0 Å². The number of benzene rings is 1. The molecule has 1 aromatic carbocycles. The SMILES string of the molecule is CC1CN=C(NCc2ccc(C#N)cc2)S1. The molecule has 1 aromatic rings. The number of rotatable bonds is 2. The summed E-state index contributed by atoms with van der Waals surface area (Å²) >= 11 is 1.78. The van der Waals surface area contributed by atoms with E-state index in [9.17, 15) is 0 Å². The molecule has 1 atom stereocenters. The maximum atomic E-state index is 8.67. The zero-order valence-electron chi connectivity index (χ0n) is 9.10. The standard InChI is InChI=1S/C12H13N3S/c1-9-7-14-12(16-9)15-8-11-4-2-10(6-13)3-5-11/h2-5,9H,7-8H2,1H3,(H,14,15). The average molecular weight is 231 g/mol. The molecule has 1 aliphatic heterocycles. The van der Waals surface area contributed by atoms with Crippen LogP contribution in [0.15, 0.2) is 29.3 Å². The molecule has 0 radical (unpaired) electrons. The summed E-state index contributed by atoms with van der Waals surface area (Å²) < 4.78 is 0. The van der Waals surface area contributed by atoms with Crippen LogP contribution in [0.2, 0.25) is 0 Å². The smallest absolute Gasteiger partial charge is 0.157 e. The third-order valence-corrected chi connectivity index (χ3v) is 3.38. The first-order valence-corrected chi connectivity index (χ1v) is 6.10. The Balaban J connectivity index is 1.88. The molecule has 0 aliphatic carbocycles. The summed E-state index contributed by atoms with van der Waals surface area (Å²) in [5.41, 5.74) is 1.87. The molecule has 1 unspecified atom stereocenters. The van der Waals surface area contributed by atoms with Crippen molar-refractivity contribution in [2.24, 2.45) is 4.99 Å². The summed E-state index contributed by atoms with van der Waals surface area (Å²) in [6.07, 6.45) is 0. The number of amidine groups is 1. The maximum absolute atomic E-state index is 8.67. The lowest BCUT2D eigenvalue weighted by molar-refractivity contribution is 0.913. The Hall–Kier alpha value is -1.47. The second-order valence-electron chi connectivity index (χ2n) is 3.74. The van der Waals surface area contributed by atoms with Crippen LogP contribution in [-0.4, -0.2) is 17.0 Å². The van der Waals surface area contributed by atoms with Crippen molar-refractivity contribution in [3.63, 3.8) is 0 Å². The molecule has 0 saturated carbocycles. The lowest BCUT2D eigenvalue weighted by Crippen LogP contribution is -2.18. The van der Waals surface area contributed by atoms with Crippen molar-refractivity contribution in [3.05, 3.63) is 35.4 Å². The van der Waals surface area contributed by atoms with E-state index in [1.165, 1.54) is 5.56 Å². The fourth-order valence-corrected chi connectivity index (χ4v) is 2.28. The molecule has 0 aromatic heterocycles. The van der Waals surface area contributed by atoms with E-state index in [-0.39, 0.29) is 0 Å². The van der Waals surface area contributed by atoms with Gasteiger partial charge in [0.15, 0.2) is 5.17 Å². The summed E-state index contributed by atoms with van der Waals surface area (Å²) in [4.78, 5) is 4.38. The van der Waals surface area contributed by atoms with Crippen molar-refractivity contribution >= 4 is 16.9 Å². The molecule has 2 rings (SSSR count). The van der Waals surface area contributed by atoms with E-state index in [2.05, 4.69) is 23.3 Å². The Bertz CT molecular complexity index is 431. The van der Waals surface area contributed by atoms with Crippen LogP contribution in [0.5, 0.6) is 0 Å². The van der Waals surface area contributed by atoms with Gasteiger partial charge in [-0.2, -0.15) is 5.26 Å². The lowest BCUT2D eigenvalue weighted by atomic mass is 10.1. The number of nitriles is 1. The molecule has 4 heteroatoms. The molecule has 1 N–H and O–H groups in total. The molecular weight excluding hydrogens is 218 g/mol. The van der Waals surface area contributed by atoms with Crippen molar-refractivity contribution in [3.8, 4) is 6.07 Å². The fraction of sp³-hybridized carbons (Fsp3) is 0.333. The van der Waals surface area contributed by atoms with Gasteiger partial charge in [0.25, 0.3) is 0 Å². The Morgan fingerprint density at radius 3 is 2.81 bits per heavy atom. The molecule has 82 valence electrons. The number of hydrogen-bond acceptors (Lipinski definition) is 4. The number of nitrogens with zero attached hydrogens (tertiary/aromatic N) is 2. The second kappa shape index (κ2) is 5.04. The van der Waals surface area contributed by atoms with E-state index in [1.807, 2.05) is 24.3 Å². The van der Waals surface area contributed by atoms with Crippen molar-refractivity contribution in [2.75, 3.05) is 6.54 Å². The molecule has 0 spiro atoms. The third-order valence-electron chi connectivity index (χ3n) is 2.33. The molecule has 16 heavy (non-hydrogen) atoms. The van der Waals surface area contributed by atoms with E-state index >= 15 is 0 Å². The van der Waals surface area contributed by atoms with Crippen LogP contribution >= 0.6 is 11.8 Å². The first-order chi connectivity index (χ1) is 7.78. The fourth-order valence-electron chi connectivity index (χ4n) is 1.45. The van der Waals surface area contributed by atoms with E-state index in [1.54, 1.807) is 11.8 Å². The minimum Gasteiger partial charge on any atom is -0.361 e. The topological polar surface area (TPSA) is 48.2 Å². The van der Waals surface area contributed by atoms with Crippen LogP contribution in [0.25, 0.3) is 0 Å². The average Bonchev–Trinajstić information content (AvgIpc) is 2.73. The van der Waals surface area contributed by atoms with Gasteiger partial charge in [0.2, 0.25) is 0 Å². The quantitative estimate of drug-likeness (QED) is 0.848. The molecule has 0 fully saturated rings. The van der Waals surface area contributed by atoms with Gasteiger partial charge in [-0.25, -0.2) is 0 Å². The Morgan fingerprint density at radius 1 is 1.50 bits per heavy atom. The molecule has 0 amide bonds. The first kappa shape index (κ1) is 11.0. The highest BCUT2D eigenvalue weighted by atomic mass is 32.2. The summed E-state index contributed by atoms with van der Waals surface area (Å²) in [6.45, 7) is 3.84. The summed E-state index contributed by atoms with van der Waals surface area (Å²) in [5, 5.41) is 13.6. The van der Waals surface area contributed by atoms with Gasteiger partial charge in [0.1, 0.15) is 0 Å². The zero-order chi connectivity index (χ0) is 11.4. The lowest BCUT2D eigenvalue weighted by Gasteiger charge is -2.05. The monoisotopic (exact) mass is 231 g/mol. The molecule has 0 saturated heterocycles. The van der Waals surface area contributed by atoms with Gasteiger partial charge in [-0.15, -0.1) is 0 Å². The zero-order valence-corrected chi connectivity index (χ0v) is 9.92. The molecular formula is C12H13N3S. The predicted molar refractivity (Wildman–Crippen MR) is 67.4 cm³/mol. The minimum atomic E-state index is 0.587. The Labute approximate surface area is 99.6 Å². The van der Waals surface area contributed by atoms with Crippen molar-refractivity contribution in [2.45, 2.75) is 18.7 Å². The normalized spacial score (nSPS) is 19.0. The highest BCUT2D eigenvalue weighted by Gasteiger charge is 2.13. The van der Waals surface area contributed by atoms with Gasteiger partial charge in [-0.05, 0) is 17.7 Å². The van der Waals surface area contributed by atoms with Gasteiger partial charge in [-0.3, -0.25) is 4.99 Å². The number of aliphatic imine (C=N–C) groups is 1. The van der Waals surface area contributed by atoms with Crippen LogP contribution < -0.4 is 5.32 Å². The van der Waals surface area contributed by atoms with E-state index < -0.39 is 0 Å². The largest absolute Gasteiger partial charge is 0.361 e. The van der Waals surface area contributed by atoms with Crippen LogP contribution in [0.3, 0.4) is 0 Å². The number of nitrogens with one attached hydrogen (secondary N) is 1. The summed E-state index contributed by atoms with van der Waals surface area (Å²) in [5.74, 6) is 0. The van der Waals surface area contributed by atoms with Crippen molar-refractivity contribution < 1.29 is 0 Å². The van der Waals surface area contributed by atoms with Gasteiger partial charge in [0.05, 0.1) is 18.2 Å². The van der Waals surface area contributed by atoms with Crippen molar-refractivity contribution in [1.82, 2.24) is 5.32 Å². The highest BCUT2D eigenvalue weighted by Crippen LogP contribution is 2.18. The van der Waals surface area contributed by atoms with E-state index in [0.717, 1.165) is 18.3 Å². The van der Waals surface area contributed by atoms with Crippen LogP contribution in [-0.2, 0) is 6.54 Å². The first-order valence-electron chi connectivity index (χ1n) is 5.22. The Kier molecular flexibility index (Phi) is 3.47. The minimum absolute atomic E-state index is 0.587. The van der Waals surface area contributed by atoms with E-state index in [4.69, 9.17) is 5.26 Å². The maximum Gasteiger partial charge on any atom is 0.157 e. The van der Waals surface area contributed by atoms with Gasteiger partial charge in [0, 0.05) is 11.8 Å². The van der Waals surface area contributed by atoms with Gasteiger partial charge < -0.3 is 5.32 Å². The number of hydrogen-bond donors (Lipinski definition) is 1. The number of thioether (sulfide) groups is 1.